The van der Waals surface area contributed by atoms with Crippen LogP contribution in [0.2, 0.25) is 0 Å². The summed E-state index contributed by atoms with van der Waals surface area (Å²) >= 11 is 0. The van der Waals surface area contributed by atoms with Crippen LogP contribution < -0.4 is 19.5 Å². The molecule has 2 aliphatic carbocycles. The molecule has 3 aliphatic rings. The highest BCUT2D eigenvalue weighted by Gasteiger charge is 2.63. The molecule has 2 saturated carbocycles. The van der Waals surface area contributed by atoms with Crippen LogP contribution in [0.25, 0.3) is 11.3 Å². The zero-order chi connectivity index (χ0) is 32.3. The molecular formula is C32H29F4N5O5. The lowest BCUT2D eigenvalue weighted by Gasteiger charge is -2.33. The maximum absolute atomic E-state index is 15.1. The molecule has 4 aromatic rings. The third-order valence-electron chi connectivity index (χ3n) is 8.75. The number of nitrogens with one attached hydrogen (secondary N) is 1. The van der Waals surface area contributed by atoms with Crippen molar-refractivity contribution in [3.05, 3.63) is 83.8 Å². The number of hydrogen-bond donors (Lipinski definition) is 2. The molecule has 1 amide bonds. The van der Waals surface area contributed by atoms with Gasteiger partial charge in [-0.15, -0.1) is 10.2 Å². The predicted octanol–water partition coefficient (Wildman–Crippen LogP) is 4.75. The number of rotatable bonds is 10. The molecule has 1 aliphatic heterocycles. The molecular weight excluding hydrogens is 610 g/mol. The van der Waals surface area contributed by atoms with E-state index >= 15 is 13.2 Å². The molecule has 1 unspecified atom stereocenters. The summed E-state index contributed by atoms with van der Waals surface area (Å²) in [5, 5.41) is 22.1. The van der Waals surface area contributed by atoms with Gasteiger partial charge in [-0.1, -0.05) is 0 Å². The molecule has 0 bridgehead atoms. The van der Waals surface area contributed by atoms with Gasteiger partial charge in [0.15, 0.2) is 17.2 Å². The molecule has 0 saturated heterocycles. The Hall–Kier alpha value is -4.72. The van der Waals surface area contributed by atoms with Gasteiger partial charge in [-0.3, -0.25) is 9.36 Å². The van der Waals surface area contributed by atoms with Crippen LogP contribution in [-0.4, -0.2) is 63.3 Å². The smallest absolute Gasteiger partial charge is 0.419 e. The number of halogens is 4. The first-order valence-corrected chi connectivity index (χ1v) is 14.8. The van der Waals surface area contributed by atoms with E-state index in [9.17, 15) is 14.3 Å². The van der Waals surface area contributed by atoms with E-state index in [1.54, 1.807) is 12.1 Å². The van der Waals surface area contributed by atoms with E-state index in [2.05, 4.69) is 20.5 Å². The van der Waals surface area contributed by atoms with Crippen molar-refractivity contribution in [3.8, 4) is 28.5 Å². The molecule has 10 nitrogen and oxygen atoms in total. The number of hydrogen-bond acceptors (Lipinski definition) is 8. The first-order chi connectivity index (χ1) is 22.0. The topological polar surface area (TPSA) is 121 Å². The first-order valence-electron chi connectivity index (χ1n) is 14.8. The van der Waals surface area contributed by atoms with E-state index in [-0.39, 0.29) is 46.5 Å². The van der Waals surface area contributed by atoms with Crippen molar-refractivity contribution in [2.24, 2.45) is 5.92 Å². The Labute approximate surface area is 260 Å². The Balaban J connectivity index is 1.29. The number of pyridine rings is 1. The SMILES string of the molecule is COc1cc(C(=O)NCC(O)(c2cc3c(c(-c4ccc(F)cc4)n2)OC[C@@]3(n2cnnc2)C(F)(F)F)C2CC2)ccc1OC1CC1. The summed E-state index contributed by atoms with van der Waals surface area (Å²) in [7, 11) is 1.46. The van der Waals surface area contributed by atoms with Crippen molar-refractivity contribution in [1.29, 1.82) is 0 Å². The highest BCUT2D eigenvalue weighted by molar-refractivity contribution is 5.95. The van der Waals surface area contributed by atoms with E-state index in [0.717, 1.165) is 42.2 Å². The minimum absolute atomic E-state index is 0.00640. The molecule has 3 heterocycles. The van der Waals surface area contributed by atoms with Crippen LogP contribution in [0, 0.1) is 11.7 Å². The number of fused-ring (bicyclic) bond motifs is 1. The minimum Gasteiger partial charge on any atom is -0.493 e. The van der Waals surface area contributed by atoms with Gasteiger partial charge in [0.2, 0.25) is 5.54 Å². The third-order valence-corrected chi connectivity index (χ3v) is 8.75. The largest absolute Gasteiger partial charge is 0.493 e. The fourth-order valence-electron chi connectivity index (χ4n) is 5.85. The van der Waals surface area contributed by atoms with Crippen molar-refractivity contribution in [1.82, 2.24) is 25.1 Å². The van der Waals surface area contributed by atoms with Gasteiger partial charge >= 0.3 is 6.18 Å². The Morgan fingerprint density at radius 3 is 2.41 bits per heavy atom. The molecule has 46 heavy (non-hydrogen) atoms. The number of amides is 1. The number of carbonyl (C=O) groups is 1. The molecule has 240 valence electrons. The van der Waals surface area contributed by atoms with Gasteiger partial charge < -0.3 is 24.6 Å². The highest BCUT2D eigenvalue weighted by atomic mass is 19.4. The average Bonchev–Trinajstić information content (AvgIpc) is 3.96. The second kappa shape index (κ2) is 11.0. The van der Waals surface area contributed by atoms with Crippen LogP contribution in [0.5, 0.6) is 17.2 Å². The van der Waals surface area contributed by atoms with E-state index in [1.165, 1.54) is 31.4 Å². The van der Waals surface area contributed by atoms with Gasteiger partial charge in [0, 0.05) is 16.7 Å². The van der Waals surface area contributed by atoms with Gasteiger partial charge in [0.05, 0.1) is 25.5 Å². The fourth-order valence-corrected chi connectivity index (χ4v) is 5.85. The van der Waals surface area contributed by atoms with Crippen LogP contribution in [0.4, 0.5) is 17.6 Å². The number of aromatic nitrogens is 4. The maximum atomic E-state index is 15.1. The van der Waals surface area contributed by atoms with Crippen LogP contribution in [0.1, 0.15) is 47.3 Å². The van der Waals surface area contributed by atoms with E-state index in [1.807, 2.05) is 0 Å². The van der Waals surface area contributed by atoms with Crippen LogP contribution in [0.3, 0.4) is 0 Å². The first kappa shape index (κ1) is 30.0. The number of methoxy groups -OCH3 is 1. The molecule has 0 radical (unpaired) electrons. The summed E-state index contributed by atoms with van der Waals surface area (Å²) in [4.78, 5) is 18.0. The van der Waals surface area contributed by atoms with Crippen molar-refractivity contribution in [2.45, 2.75) is 49.1 Å². The molecule has 14 heteroatoms. The average molecular weight is 640 g/mol. The Morgan fingerprint density at radius 2 is 1.78 bits per heavy atom. The number of aliphatic hydroxyl groups is 1. The summed E-state index contributed by atoms with van der Waals surface area (Å²) in [6.45, 7) is -1.19. The van der Waals surface area contributed by atoms with E-state index in [4.69, 9.17) is 14.2 Å². The molecule has 2 aromatic heterocycles. The molecule has 0 spiro atoms. The summed E-state index contributed by atoms with van der Waals surface area (Å²) < 4.78 is 76.9. The molecule has 2 fully saturated rings. The second-order valence-corrected chi connectivity index (χ2v) is 11.8. The normalized spacial score (nSPS) is 20.4. The zero-order valence-electron chi connectivity index (χ0n) is 24.6. The van der Waals surface area contributed by atoms with E-state index in [0.29, 0.717) is 24.3 Å². The van der Waals surface area contributed by atoms with Gasteiger partial charge in [-0.05, 0) is 80.1 Å². The van der Waals surface area contributed by atoms with Gasteiger partial charge in [-0.2, -0.15) is 13.2 Å². The quantitative estimate of drug-likeness (QED) is 0.239. The highest BCUT2D eigenvalue weighted by Crippen LogP contribution is 2.54. The minimum atomic E-state index is -4.89. The Bertz CT molecular complexity index is 1780. The monoisotopic (exact) mass is 639 g/mol. The van der Waals surface area contributed by atoms with Gasteiger partial charge in [0.25, 0.3) is 5.91 Å². The fraction of sp³-hybridized carbons (Fsp3) is 0.375. The lowest BCUT2D eigenvalue weighted by Crippen LogP contribution is -2.50. The molecule has 7 rings (SSSR count). The summed E-state index contributed by atoms with van der Waals surface area (Å²) in [5.74, 6) is -0.765. The molecule has 2 N–H and O–H groups in total. The lowest BCUT2D eigenvalue weighted by molar-refractivity contribution is -0.202. The van der Waals surface area contributed by atoms with Crippen LogP contribution in [0.15, 0.2) is 61.2 Å². The van der Waals surface area contributed by atoms with Crippen LogP contribution >= 0.6 is 0 Å². The Kier molecular flexibility index (Phi) is 7.14. The maximum Gasteiger partial charge on any atom is 0.419 e. The Morgan fingerprint density at radius 1 is 1.07 bits per heavy atom. The summed E-state index contributed by atoms with van der Waals surface area (Å²) in [5.41, 5.74) is -4.49. The summed E-state index contributed by atoms with van der Waals surface area (Å²) in [6.07, 6.45) is 0.140. The number of carbonyl (C=O) groups excluding carboxylic acids is 1. The second-order valence-electron chi connectivity index (χ2n) is 11.8. The number of nitrogens with zero attached hydrogens (tertiary/aromatic N) is 4. The van der Waals surface area contributed by atoms with Crippen molar-refractivity contribution >= 4 is 5.91 Å². The third kappa shape index (κ3) is 5.10. The van der Waals surface area contributed by atoms with E-state index < -0.39 is 41.6 Å². The number of ether oxygens (including phenoxy) is 3. The lowest BCUT2D eigenvalue weighted by atomic mass is 9.85. The van der Waals surface area contributed by atoms with Crippen LogP contribution in [-0.2, 0) is 11.1 Å². The van der Waals surface area contributed by atoms with Gasteiger partial charge in [0.1, 0.15) is 36.4 Å². The molecule has 2 atom stereocenters. The predicted molar refractivity (Wildman–Crippen MR) is 154 cm³/mol. The number of benzene rings is 2. The van der Waals surface area contributed by atoms with Crippen molar-refractivity contribution < 1.29 is 41.7 Å². The van der Waals surface area contributed by atoms with Crippen molar-refractivity contribution in [2.75, 3.05) is 20.3 Å². The number of alkyl halides is 3. The standard InChI is InChI=1S/C32H29F4N5O5/c1-44-25-12-19(4-11-24(25)46-22-9-10-22)29(42)37-14-30(43,20-5-6-20)26-13-23-28(27(40-26)18-2-7-21(33)8-3-18)45-15-31(23,32(34,35)36)41-16-38-39-17-41/h2-4,7-8,11-13,16-17,20,22,43H,5-6,9-10,14-15H2,1H3,(H,37,42)/t30?,31-/m0/s1. The zero-order valence-corrected chi connectivity index (χ0v) is 24.6. The van der Waals surface area contributed by atoms with Crippen molar-refractivity contribution in [3.63, 3.8) is 0 Å². The molecule has 2 aromatic carbocycles. The van der Waals surface area contributed by atoms with Gasteiger partial charge in [-0.25, -0.2) is 9.37 Å². The summed E-state index contributed by atoms with van der Waals surface area (Å²) in [6, 6.07) is 11.0.